The highest BCUT2D eigenvalue weighted by Crippen LogP contribution is 2.16. The standard InChI is InChI=1S/C13H15NO2/c1-10(2)16-12-6-3-5-11(9-12)13(15)7-4-8-14/h3,5-6,9-10H,4,7H2,1-2H3. The molecule has 0 fully saturated rings. The summed E-state index contributed by atoms with van der Waals surface area (Å²) in [6, 6.07) is 9.04. The van der Waals surface area contributed by atoms with Crippen LogP contribution in [0.5, 0.6) is 5.75 Å². The van der Waals surface area contributed by atoms with Crippen LogP contribution in [0.1, 0.15) is 37.0 Å². The summed E-state index contributed by atoms with van der Waals surface area (Å²) in [6.07, 6.45) is 0.611. The molecule has 0 aliphatic carbocycles. The highest BCUT2D eigenvalue weighted by atomic mass is 16.5. The van der Waals surface area contributed by atoms with Gasteiger partial charge in [0.15, 0.2) is 5.78 Å². The molecular formula is C13H15NO2. The van der Waals surface area contributed by atoms with Crippen molar-refractivity contribution < 1.29 is 9.53 Å². The minimum Gasteiger partial charge on any atom is -0.491 e. The predicted molar refractivity (Wildman–Crippen MR) is 61.4 cm³/mol. The van der Waals surface area contributed by atoms with Crippen LogP contribution in [0.2, 0.25) is 0 Å². The molecule has 0 atom stereocenters. The SMILES string of the molecule is CC(C)Oc1cccc(C(=O)CCC#N)c1. The third kappa shape index (κ3) is 3.74. The first-order valence-electron chi connectivity index (χ1n) is 5.30. The lowest BCUT2D eigenvalue weighted by Crippen LogP contribution is -2.06. The zero-order valence-corrected chi connectivity index (χ0v) is 9.56. The van der Waals surface area contributed by atoms with Gasteiger partial charge in [0.1, 0.15) is 5.75 Å². The van der Waals surface area contributed by atoms with E-state index in [9.17, 15) is 4.79 Å². The van der Waals surface area contributed by atoms with E-state index in [1.54, 1.807) is 18.2 Å². The lowest BCUT2D eigenvalue weighted by atomic mass is 10.1. The van der Waals surface area contributed by atoms with Crippen molar-refractivity contribution in [2.45, 2.75) is 32.8 Å². The topological polar surface area (TPSA) is 50.1 Å². The molecule has 0 spiro atoms. The van der Waals surface area contributed by atoms with Gasteiger partial charge < -0.3 is 4.74 Å². The Kier molecular flexibility index (Phi) is 4.53. The number of benzene rings is 1. The highest BCUT2D eigenvalue weighted by Gasteiger charge is 2.07. The number of carbonyl (C=O) groups is 1. The van der Waals surface area contributed by atoms with Crippen molar-refractivity contribution in [3.05, 3.63) is 29.8 Å². The Morgan fingerprint density at radius 3 is 2.88 bits per heavy atom. The lowest BCUT2D eigenvalue weighted by molar-refractivity contribution is 0.0983. The van der Waals surface area contributed by atoms with Crippen LogP contribution in [-0.2, 0) is 0 Å². The summed E-state index contributed by atoms with van der Waals surface area (Å²) in [5, 5.41) is 8.41. The van der Waals surface area contributed by atoms with Gasteiger partial charge >= 0.3 is 0 Å². The van der Waals surface area contributed by atoms with E-state index in [-0.39, 0.29) is 24.7 Å². The Hall–Kier alpha value is -1.82. The molecule has 0 aromatic heterocycles. The van der Waals surface area contributed by atoms with Gasteiger partial charge in [-0.15, -0.1) is 0 Å². The minimum absolute atomic E-state index is 0.0178. The maximum Gasteiger partial charge on any atom is 0.164 e. The number of Topliss-reactive ketones (excluding diaryl/α,β-unsaturated/α-hetero) is 1. The summed E-state index contributed by atoms with van der Waals surface area (Å²) >= 11 is 0. The molecule has 1 rings (SSSR count). The smallest absolute Gasteiger partial charge is 0.164 e. The Morgan fingerprint density at radius 2 is 2.25 bits per heavy atom. The zero-order chi connectivity index (χ0) is 12.0. The quantitative estimate of drug-likeness (QED) is 0.712. The number of ether oxygens (including phenoxy) is 1. The van der Waals surface area contributed by atoms with Crippen LogP contribution in [-0.4, -0.2) is 11.9 Å². The first-order chi connectivity index (χ1) is 7.63. The number of nitriles is 1. The van der Waals surface area contributed by atoms with Crippen LogP contribution >= 0.6 is 0 Å². The van der Waals surface area contributed by atoms with Gasteiger partial charge in [0.2, 0.25) is 0 Å². The van der Waals surface area contributed by atoms with Crippen molar-refractivity contribution in [1.29, 1.82) is 5.26 Å². The fourth-order valence-electron chi connectivity index (χ4n) is 1.33. The summed E-state index contributed by atoms with van der Waals surface area (Å²) in [7, 11) is 0. The molecule has 1 aromatic rings. The second kappa shape index (κ2) is 5.92. The lowest BCUT2D eigenvalue weighted by Gasteiger charge is -2.10. The number of rotatable bonds is 5. The molecule has 0 N–H and O–H groups in total. The fourth-order valence-corrected chi connectivity index (χ4v) is 1.33. The summed E-state index contributed by atoms with van der Waals surface area (Å²) in [4.78, 5) is 11.6. The molecule has 0 unspecified atom stereocenters. The van der Waals surface area contributed by atoms with Crippen molar-refractivity contribution >= 4 is 5.78 Å². The van der Waals surface area contributed by atoms with E-state index >= 15 is 0 Å². The molecule has 0 aliphatic rings. The van der Waals surface area contributed by atoms with Gasteiger partial charge in [0, 0.05) is 18.4 Å². The summed E-state index contributed by atoms with van der Waals surface area (Å²) in [5.74, 6) is 0.675. The molecule has 16 heavy (non-hydrogen) atoms. The van der Waals surface area contributed by atoms with E-state index < -0.39 is 0 Å². The second-order valence-electron chi connectivity index (χ2n) is 3.78. The largest absolute Gasteiger partial charge is 0.491 e. The van der Waals surface area contributed by atoms with Gasteiger partial charge in [-0.05, 0) is 26.0 Å². The van der Waals surface area contributed by atoms with Crippen molar-refractivity contribution in [3.63, 3.8) is 0 Å². The molecular weight excluding hydrogens is 202 g/mol. The molecule has 0 saturated heterocycles. The van der Waals surface area contributed by atoms with Crippen molar-refractivity contribution in [1.82, 2.24) is 0 Å². The van der Waals surface area contributed by atoms with E-state index in [1.165, 1.54) is 0 Å². The molecule has 0 bridgehead atoms. The number of nitrogens with zero attached hydrogens (tertiary/aromatic N) is 1. The van der Waals surface area contributed by atoms with Crippen molar-refractivity contribution in [3.8, 4) is 11.8 Å². The van der Waals surface area contributed by atoms with E-state index in [0.717, 1.165) is 0 Å². The van der Waals surface area contributed by atoms with Crippen LogP contribution in [0.25, 0.3) is 0 Å². The molecule has 0 aliphatic heterocycles. The minimum atomic E-state index is -0.0178. The molecule has 0 saturated carbocycles. The third-order valence-electron chi connectivity index (χ3n) is 1.99. The van der Waals surface area contributed by atoms with Gasteiger partial charge in [-0.3, -0.25) is 4.79 Å². The van der Waals surface area contributed by atoms with Gasteiger partial charge in [-0.25, -0.2) is 0 Å². The molecule has 3 nitrogen and oxygen atoms in total. The first-order valence-corrected chi connectivity index (χ1v) is 5.30. The number of carbonyl (C=O) groups excluding carboxylic acids is 1. The number of hydrogen-bond acceptors (Lipinski definition) is 3. The average Bonchev–Trinajstić information content (AvgIpc) is 2.25. The second-order valence-corrected chi connectivity index (χ2v) is 3.78. The molecule has 0 heterocycles. The van der Waals surface area contributed by atoms with Crippen LogP contribution in [0.15, 0.2) is 24.3 Å². The van der Waals surface area contributed by atoms with Crippen molar-refractivity contribution in [2.75, 3.05) is 0 Å². The molecule has 84 valence electrons. The van der Waals surface area contributed by atoms with Crippen LogP contribution < -0.4 is 4.74 Å². The van der Waals surface area contributed by atoms with E-state index in [2.05, 4.69) is 0 Å². The average molecular weight is 217 g/mol. The molecule has 1 aromatic carbocycles. The van der Waals surface area contributed by atoms with Crippen LogP contribution in [0.3, 0.4) is 0 Å². The maximum atomic E-state index is 11.6. The monoisotopic (exact) mass is 217 g/mol. The highest BCUT2D eigenvalue weighted by molar-refractivity contribution is 5.96. The van der Waals surface area contributed by atoms with Crippen molar-refractivity contribution in [2.24, 2.45) is 0 Å². The van der Waals surface area contributed by atoms with Gasteiger partial charge in [0.25, 0.3) is 0 Å². The van der Waals surface area contributed by atoms with Crippen LogP contribution in [0, 0.1) is 11.3 Å². The summed E-state index contributed by atoms with van der Waals surface area (Å²) < 4.78 is 5.49. The number of ketones is 1. The summed E-state index contributed by atoms with van der Waals surface area (Å²) in [6.45, 7) is 3.87. The van der Waals surface area contributed by atoms with Gasteiger partial charge in [-0.2, -0.15) is 5.26 Å². The Morgan fingerprint density at radius 1 is 1.50 bits per heavy atom. The molecule has 3 heteroatoms. The first kappa shape index (κ1) is 12.3. The molecule has 0 radical (unpaired) electrons. The number of hydrogen-bond donors (Lipinski definition) is 0. The van der Waals surface area contributed by atoms with Crippen LogP contribution in [0.4, 0.5) is 0 Å². The summed E-state index contributed by atoms with van der Waals surface area (Å²) in [5.41, 5.74) is 0.605. The third-order valence-corrected chi connectivity index (χ3v) is 1.99. The van der Waals surface area contributed by atoms with E-state index in [4.69, 9.17) is 10.00 Å². The van der Waals surface area contributed by atoms with Gasteiger partial charge in [0.05, 0.1) is 12.2 Å². The maximum absolute atomic E-state index is 11.6. The Labute approximate surface area is 95.7 Å². The van der Waals surface area contributed by atoms with E-state index in [1.807, 2.05) is 26.0 Å². The normalized spacial score (nSPS) is 9.88. The van der Waals surface area contributed by atoms with Gasteiger partial charge in [-0.1, -0.05) is 12.1 Å². The Balaban J connectivity index is 2.74. The fraction of sp³-hybridized carbons (Fsp3) is 0.385. The molecule has 0 amide bonds. The Bertz CT molecular complexity index is 405. The zero-order valence-electron chi connectivity index (χ0n) is 9.56. The van der Waals surface area contributed by atoms with E-state index in [0.29, 0.717) is 11.3 Å². The predicted octanol–water partition coefficient (Wildman–Crippen LogP) is 2.96.